The summed E-state index contributed by atoms with van der Waals surface area (Å²) in [5, 5.41) is 3.25. The standard InChI is InChI=1S/C20H25NO3/c1-3-13-23-19-11-9-18(10-12-19)21-14-16(2)20(22)24-15-17-7-5-4-6-8-17/h4-12,16,21H,3,13-15H2,1-2H3. The normalized spacial score (nSPS) is 11.6. The zero-order valence-electron chi connectivity index (χ0n) is 14.3. The molecule has 0 heterocycles. The van der Waals surface area contributed by atoms with Gasteiger partial charge < -0.3 is 14.8 Å². The van der Waals surface area contributed by atoms with Gasteiger partial charge in [0.2, 0.25) is 0 Å². The molecule has 1 unspecified atom stereocenters. The van der Waals surface area contributed by atoms with E-state index in [4.69, 9.17) is 9.47 Å². The number of ether oxygens (including phenoxy) is 2. The third-order valence-electron chi connectivity index (χ3n) is 3.57. The fourth-order valence-electron chi connectivity index (χ4n) is 2.11. The van der Waals surface area contributed by atoms with Gasteiger partial charge in [0, 0.05) is 12.2 Å². The van der Waals surface area contributed by atoms with Crippen LogP contribution in [0.15, 0.2) is 54.6 Å². The minimum atomic E-state index is -0.218. The molecule has 0 aromatic heterocycles. The van der Waals surface area contributed by atoms with Gasteiger partial charge in [0.1, 0.15) is 12.4 Å². The molecule has 1 atom stereocenters. The van der Waals surface area contributed by atoms with Gasteiger partial charge in [0.05, 0.1) is 12.5 Å². The smallest absolute Gasteiger partial charge is 0.310 e. The van der Waals surface area contributed by atoms with E-state index in [1.807, 2.05) is 61.5 Å². The average molecular weight is 327 g/mol. The van der Waals surface area contributed by atoms with Crippen molar-refractivity contribution in [3.8, 4) is 5.75 Å². The maximum atomic E-state index is 12.0. The number of esters is 1. The van der Waals surface area contributed by atoms with Crippen molar-refractivity contribution < 1.29 is 14.3 Å². The van der Waals surface area contributed by atoms with E-state index in [0.29, 0.717) is 13.2 Å². The number of carbonyl (C=O) groups is 1. The average Bonchev–Trinajstić information content (AvgIpc) is 2.64. The minimum absolute atomic E-state index is 0.200. The Hall–Kier alpha value is -2.49. The summed E-state index contributed by atoms with van der Waals surface area (Å²) < 4.78 is 10.9. The molecule has 0 saturated carbocycles. The van der Waals surface area contributed by atoms with Gasteiger partial charge in [-0.15, -0.1) is 0 Å². The Morgan fingerprint density at radius 2 is 1.79 bits per heavy atom. The van der Waals surface area contributed by atoms with Crippen LogP contribution in [0, 0.1) is 5.92 Å². The highest BCUT2D eigenvalue weighted by Gasteiger charge is 2.14. The molecule has 0 saturated heterocycles. The van der Waals surface area contributed by atoms with Crippen LogP contribution in [0.5, 0.6) is 5.75 Å². The second-order valence-electron chi connectivity index (χ2n) is 5.75. The molecule has 0 aliphatic carbocycles. The summed E-state index contributed by atoms with van der Waals surface area (Å²) in [5.74, 6) is 0.441. The summed E-state index contributed by atoms with van der Waals surface area (Å²) >= 11 is 0. The van der Waals surface area contributed by atoms with Gasteiger partial charge in [0.15, 0.2) is 0 Å². The first-order chi connectivity index (χ1) is 11.7. The summed E-state index contributed by atoms with van der Waals surface area (Å²) in [5.41, 5.74) is 1.95. The lowest BCUT2D eigenvalue weighted by Gasteiger charge is -2.14. The van der Waals surface area contributed by atoms with Crippen molar-refractivity contribution in [3.63, 3.8) is 0 Å². The van der Waals surface area contributed by atoms with E-state index in [9.17, 15) is 4.79 Å². The highest BCUT2D eigenvalue weighted by atomic mass is 16.5. The lowest BCUT2D eigenvalue weighted by atomic mass is 10.1. The number of rotatable bonds is 9. The van der Waals surface area contributed by atoms with Gasteiger partial charge in [-0.2, -0.15) is 0 Å². The number of hydrogen-bond donors (Lipinski definition) is 1. The Balaban J connectivity index is 1.73. The topological polar surface area (TPSA) is 47.6 Å². The lowest BCUT2D eigenvalue weighted by molar-refractivity contribution is -0.148. The summed E-state index contributed by atoms with van der Waals surface area (Å²) in [7, 11) is 0. The highest BCUT2D eigenvalue weighted by Crippen LogP contribution is 2.16. The minimum Gasteiger partial charge on any atom is -0.494 e. The molecular weight excluding hydrogens is 302 g/mol. The molecular formula is C20H25NO3. The van der Waals surface area contributed by atoms with Crippen LogP contribution < -0.4 is 10.1 Å². The van der Waals surface area contributed by atoms with Crippen LogP contribution in [0.1, 0.15) is 25.8 Å². The summed E-state index contributed by atoms with van der Waals surface area (Å²) in [6, 6.07) is 17.4. The van der Waals surface area contributed by atoms with E-state index in [1.54, 1.807) is 0 Å². The van der Waals surface area contributed by atoms with Gasteiger partial charge in [-0.05, 0) is 36.2 Å². The predicted molar refractivity (Wildman–Crippen MR) is 96.1 cm³/mol. The summed E-state index contributed by atoms with van der Waals surface area (Å²) in [6.45, 7) is 5.50. The van der Waals surface area contributed by atoms with E-state index in [0.717, 1.165) is 30.0 Å². The van der Waals surface area contributed by atoms with Crippen LogP contribution in [0.25, 0.3) is 0 Å². The van der Waals surface area contributed by atoms with Gasteiger partial charge in [-0.3, -0.25) is 4.79 Å². The number of hydrogen-bond acceptors (Lipinski definition) is 4. The molecule has 0 fully saturated rings. The van der Waals surface area contributed by atoms with Gasteiger partial charge in [-0.1, -0.05) is 44.2 Å². The zero-order valence-corrected chi connectivity index (χ0v) is 14.3. The van der Waals surface area contributed by atoms with Crippen LogP contribution in [-0.2, 0) is 16.1 Å². The maximum Gasteiger partial charge on any atom is 0.310 e. The highest BCUT2D eigenvalue weighted by molar-refractivity contribution is 5.72. The Bertz CT molecular complexity index is 611. The van der Waals surface area contributed by atoms with Crippen molar-refractivity contribution in [2.24, 2.45) is 5.92 Å². The van der Waals surface area contributed by atoms with Gasteiger partial charge >= 0.3 is 5.97 Å². The van der Waals surface area contributed by atoms with E-state index in [2.05, 4.69) is 12.2 Å². The van der Waals surface area contributed by atoms with Gasteiger partial charge in [-0.25, -0.2) is 0 Å². The first-order valence-corrected chi connectivity index (χ1v) is 8.36. The third kappa shape index (κ3) is 5.95. The van der Waals surface area contributed by atoms with Crippen molar-refractivity contribution in [1.82, 2.24) is 0 Å². The van der Waals surface area contributed by atoms with Gasteiger partial charge in [0.25, 0.3) is 0 Å². The van der Waals surface area contributed by atoms with Crippen LogP contribution >= 0.6 is 0 Å². The summed E-state index contributed by atoms with van der Waals surface area (Å²) in [6.07, 6.45) is 0.989. The second-order valence-corrected chi connectivity index (χ2v) is 5.75. The SMILES string of the molecule is CCCOc1ccc(NCC(C)C(=O)OCc2ccccc2)cc1. The Kier molecular flexibility index (Phi) is 7.15. The van der Waals surface area contributed by atoms with Crippen molar-refractivity contribution in [2.75, 3.05) is 18.5 Å². The molecule has 4 nitrogen and oxygen atoms in total. The lowest BCUT2D eigenvalue weighted by Crippen LogP contribution is -2.22. The summed E-state index contributed by atoms with van der Waals surface area (Å²) in [4.78, 5) is 12.0. The van der Waals surface area contributed by atoms with Crippen molar-refractivity contribution in [2.45, 2.75) is 26.9 Å². The number of benzene rings is 2. The molecule has 2 rings (SSSR count). The largest absolute Gasteiger partial charge is 0.494 e. The fraction of sp³-hybridized carbons (Fsp3) is 0.350. The Morgan fingerprint density at radius 3 is 2.46 bits per heavy atom. The monoisotopic (exact) mass is 327 g/mol. The maximum absolute atomic E-state index is 12.0. The van der Waals surface area contributed by atoms with Crippen LogP contribution in [0.2, 0.25) is 0 Å². The number of carbonyl (C=O) groups excluding carboxylic acids is 1. The zero-order chi connectivity index (χ0) is 17.2. The molecule has 2 aromatic carbocycles. The van der Waals surface area contributed by atoms with Crippen LogP contribution in [0.4, 0.5) is 5.69 Å². The number of nitrogens with one attached hydrogen (secondary N) is 1. The van der Waals surface area contributed by atoms with Crippen molar-refractivity contribution in [3.05, 3.63) is 60.2 Å². The quantitative estimate of drug-likeness (QED) is 0.699. The first-order valence-electron chi connectivity index (χ1n) is 8.36. The molecule has 24 heavy (non-hydrogen) atoms. The molecule has 0 amide bonds. The second kappa shape index (κ2) is 9.60. The molecule has 0 aliphatic rings. The first kappa shape index (κ1) is 17.9. The Morgan fingerprint density at radius 1 is 1.08 bits per heavy atom. The van der Waals surface area contributed by atoms with Crippen molar-refractivity contribution in [1.29, 1.82) is 0 Å². The van der Waals surface area contributed by atoms with E-state index in [-0.39, 0.29) is 11.9 Å². The molecule has 0 radical (unpaired) electrons. The molecule has 0 spiro atoms. The predicted octanol–water partition coefficient (Wildman–Crippen LogP) is 4.27. The fourth-order valence-corrected chi connectivity index (χ4v) is 2.11. The van der Waals surface area contributed by atoms with E-state index in [1.165, 1.54) is 0 Å². The third-order valence-corrected chi connectivity index (χ3v) is 3.57. The van der Waals surface area contributed by atoms with E-state index >= 15 is 0 Å². The van der Waals surface area contributed by atoms with Crippen LogP contribution in [0.3, 0.4) is 0 Å². The number of anilines is 1. The Labute approximate surface area is 143 Å². The molecule has 0 aliphatic heterocycles. The molecule has 0 bridgehead atoms. The van der Waals surface area contributed by atoms with Crippen molar-refractivity contribution >= 4 is 11.7 Å². The molecule has 128 valence electrons. The molecule has 1 N–H and O–H groups in total. The van der Waals surface area contributed by atoms with Crippen LogP contribution in [-0.4, -0.2) is 19.1 Å². The molecule has 4 heteroatoms. The van der Waals surface area contributed by atoms with E-state index < -0.39 is 0 Å². The molecule has 2 aromatic rings.